The number of aryl methyl sites for hydroxylation is 1. The molecule has 0 fully saturated rings. The summed E-state index contributed by atoms with van der Waals surface area (Å²) in [6, 6.07) is 14.1. The Balaban J connectivity index is 0.000000615. The Bertz CT molecular complexity index is 794. The van der Waals surface area contributed by atoms with E-state index in [2.05, 4.69) is 31.8 Å². The molecule has 0 saturated heterocycles. The smallest absolute Gasteiger partial charge is 0.135 e. The second-order valence-electron chi connectivity index (χ2n) is 5.54. The molecule has 142 valence electrons. The summed E-state index contributed by atoms with van der Waals surface area (Å²) >= 11 is 0. The van der Waals surface area contributed by atoms with Crippen LogP contribution in [0.4, 0.5) is 0 Å². The molecule has 3 aromatic rings. The molecule has 1 N–H and O–H groups in total. The van der Waals surface area contributed by atoms with Crippen LogP contribution in [-0.2, 0) is 13.2 Å². The number of fused-ring (bicyclic) bond motifs is 1. The minimum atomic E-state index is -0.0491. The molecule has 0 aliphatic heterocycles. The zero-order valence-corrected chi connectivity index (χ0v) is 16.9. The van der Waals surface area contributed by atoms with Crippen LogP contribution in [0.2, 0.25) is 0 Å². The largest absolute Gasteiger partial charge is 0.496 e. The summed E-state index contributed by atoms with van der Waals surface area (Å²) in [5.41, 5.74) is 4.07. The number of ether oxygens (including phenoxy) is 1. The van der Waals surface area contributed by atoms with Gasteiger partial charge in [-0.15, -0.1) is 0 Å². The number of aliphatic hydroxyl groups excluding tert-OH is 1. The van der Waals surface area contributed by atoms with Gasteiger partial charge in [0.15, 0.2) is 0 Å². The Kier molecular flexibility index (Phi) is 9.45. The molecule has 1 aromatic heterocycles. The minimum absolute atomic E-state index is 0.0491. The Morgan fingerprint density at radius 2 is 1.69 bits per heavy atom. The summed E-state index contributed by atoms with van der Waals surface area (Å²) < 4.78 is 7.47. The van der Waals surface area contributed by atoms with Crippen LogP contribution in [0.5, 0.6) is 5.75 Å². The van der Waals surface area contributed by atoms with Crippen molar-refractivity contribution >= 4 is 11.0 Å². The molecule has 0 atom stereocenters. The molecular weight excluding hydrogens is 324 g/mol. The summed E-state index contributed by atoms with van der Waals surface area (Å²) in [7, 11) is 1.68. The molecule has 4 nitrogen and oxygen atoms in total. The molecule has 0 bridgehead atoms. The third kappa shape index (κ3) is 4.85. The highest BCUT2D eigenvalue weighted by Crippen LogP contribution is 2.31. The molecule has 0 saturated carbocycles. The molecule has 26 heavy (non-hydrogen) atoms. The number of hydrogen-bond donors (Lipinski definition) is 1. The van der Waals surface area contributed by atoms with E-state index in [1.807, 2.05) is 54.8 Å². The van der Waals surface area contributed by atoms with Gasteiger partial charge in [-0.2, -0.15) is 0 Å². The maximum atomic E-state index is 9.42. The molecule has 0 aliphatic rings. The van der Waals surface area contributed by atoms with Crippen LogP contribution < -0.4 is 4.74 Å². The van der Waals surface area contributed by atoms with Crippen LogP contribution in [0.25, 0.3) is 22.2 Å². The second-order valence-corrected chi connectivity index (χ2v) is 5.54. The highest BCUT2D eigenvalue weighted by Gasteiger charge is 2.11. The van der Waals surface area contributed by atoms with Gasteiger partial charge in [-0.3, -0.25) is 0 Å². The van der Waals surface area contributed by atoms with Gasteiger partial charge in [0.2, 0.25) is 0 Å². The average Bonchev–Trinajstić information content (AvgIpc) is 3.07. The Hall–Kier alpha value is -2.33. The van der Waals surface area contributed by atoms with E-state index in [-0.39, 0.29) is 6.61 Å². The summed E-state index contributed by atoms with van der Waals surface area (Å²) in [5, 5.41) is 9.42. The highest BCUT2D eigenvalue weighted by molar-refractivity contribution is 5.84. The van der Waals surface area contributed by atoms with Crippen molar-refractivity contribution in [2.24, 2.45) is 0 Å². The monoisotopic (exact) mass is 356 g/mol. The highest BCUT2D eigenvalue weighted by atomic mass is 16.5. The third-order valence-corrected chi connectivity index (χ3v) is 3.70. The van der Waals surface area contributed by atoms with Crippen molar-refractivity contribution in [3.05, 3.63) is 48.3 Å². The van der Waals surface area contributed by atoms with Gasteiger partial charge in [0.25, 0.3) is 0 Å². The lowest BCUT2D eigenvalue weighted by molar-refractivity contribution is 0.266. The fourth-order valence-corrected chi connectivity index (χ4v) is 2.70. The van der Waals surface area contributed by atoms with E-state index in [0.29, 0.717) is 5.82 Å². The lowest BCUT2D eigenvalue weighted by atomic mass is 10.0. The topological polar surface area (TPSA) is 47.3 Å². The van der Waals surface area contributed by atoms with Crippen LogP contribution in [0, 0.1) is 0 Å². The van der Waals surface area contributed by atoms with Crippen LogP contribution in [0.1, 0.15) is 46.9 Å². The number of hydrogen-bond acceptors (Lipinski definition) is 3. The van der Waals surface area contributed by atoms with Crippen LogP contribution in [0.15, 0.2) is 42.5 Å². The minimum Gasteiger partial charge on any atom is -0.496 e. The van der Waals surface area contributed by atoms with Gasteiger partial charge in [0.05, 0.1) is 18.1 Å². The molecule has 2 aromatic carbocycles. The van der Waals surface area contributed by atoms with E-state index in [0.717, 1.165) is 34.5 Å². The number of nitrogens with zero attached hydrogens (tertiary/aromatic N) is 2. The fraction of sp³-hybridized carbons (Fsp3) is 0.409. The maximum Gasteiger partial charge on any atom is 0.135 e. The van der Waals surface area contributed by atoms with Crippen LogP contribution in [0.3, 0.4) is 0 Å². The zero-order valence-electron chi connectivity index (χ0n) is 16.9. The standard InChI is InChI=1S/C17H18N2O2.C3H8.C2H6/c1-3-19-15-10-12(8-9-14(15)18-17(19)11-20)13-6-4-5-7-16(13)21-2;1-3-2;1-2/h4-10,20H,3,11H2,1-2H3;3H2,1-2H3;1-2H3. The second kappa shape index (κ2) is 11.3. The summed E-state index contributed by atoms with van der Waals surface area (Å²) in [6.45, 7) is 11.0. The maximum absolute atomic E-state index is 9.42. The molecule has 0 unspecified atom stereocenters. The van der Waals surface area contributed by atoms with Crippen molar-refractivity contribution in [3.8, 4) is 16.9 Å². The van der Waals surface area contributed by atoms with Gasteiger partial charge in [-0.25, -0.2) is 4.98 Å². The summed E-state index contributed by atoms with van der Waals surface area (Å²) in [6.07, 6.45) is 1.25. The van der Waals surface area contributed by atoms with Crippen molar-refractivity contribution in [2.75, 3.05) is 7.11 Å². The number of benzene rings is 2. The van der Waals surface area contributed by atoms with Crippen LogP contribution in [-0.4, -0.2) is 21.8 Å². The number of imidazole rings is 1. The first kappa shape index (κ1) is 21.7. The van der Waals surface area contributed by atoms with Crippen molar-refractivity contribution in [2.45, 2.75) is 54.2 Å². The van der Waals surface area contributed by atoms with Crippen molar-refractivity contribution < 1.29 is 9.84 Å². The molecule has 0 radical (unpaired) electrons. The normalized spacial score (nSPS) is 9.81. The van der Waals surface area contributed by atoms with Gasteiger partial charge in [-0.1, -0.05) is 58.4 Å². The predicted octanol–water partition coefficient (Wildman–Crippen LogP) is 5.67. The van der Waals surface area contributed by atoms with Crippen molar-refractivity contribution in [1.29, 1.82) is 0 Å². The molecule has 0 amide bonds. The van der Waals surface area contributed by atoms with Gasteiger partial charge in [0.1, 0.15) is 18.2 Å². The fourth-order valence-electron chi connectivity index (χ4n) is 2.70. The number of rotatable bonds is 4. The SMILES string of the molecule is CC.CCC.CCn1c(CO)nc2ccc(-c3ccccc3OC)cc21. The number of methoxy groups -OCH3 is 1. The first-order chi connectivity index (χ1) is 12.7. The van der Waals surface area contributed by atoms with E-state index in [1.54, 1.807) is 7.11 Å². The van der Waals surface area contributed by atoms with Crippen LogP contribution >= 0.6 is 0 Å². The molecular formula is C22H32N2O2. The van der Waals surface area contributed by atoms with E-state index in [4.69, 9.17) is 4.74 Å². The van der Waals surface area contributed by atoms with Gasteiger partial charge in [-0.05, 0) is 30.7 Å². The molecule has 0 spiro atoms. The Morgan fingerprint density at radius 3 is 2.27 bits per heavy atom. The molecule has 1 heterocycles. The zero-order chi connectivity index (χ0) is 19.5. The van der Waals surface area contributed by atoms with Crippen molar-refractivity contribution in [3.63, 3.8) is 0 Å². The Labute approximate surface area is 157 Å². The summed E-state index contributed by atoms with van der Waals surface area (Å²) in [4.78, 5) is 4.46. The summed E-state index contributed by atoms with van der Waals surface area (Å²) in [5.74, 6) is 1.55. The average molecular weight is 357 g/mol. The first-order valence-electron chi connectivity index (χ1n) is 9.43. The lowest BCUT2D eigenvalue weighted by Gasteiger charge is -2.09. The van der Waals surface area contributed by atoms with E-state index >= 15 is 0 Å². The van der Waals surface area contributed by atoms with Crippen molar-refractivity contribution in [1.82, 2.24) is 9.55 Å². The number of para-hydroxylation sites is 1. The molecule has 4 heteroatoms. The van der Waals surface area contributed by atoms with E-state index in [1.165, 1.54) is 6.42 Å². The first-order valence-corrected chi connectivity index (χ1v) is 9.43. The van der Waals surface area contributed by atoms with E-state index in [9.17, 15) is 5.11 Å². The van der Waals surface area contributed by atoms with Gasteiger partial charge >= 0.3 is 0 Å². The van der Waals surface area contributed by atoms with Gasteiger partial charge in [0, 0.05) is 12.1 Å². The molecule has 0 aliphatic carbocycles. The van der Waals surface area contributed by atoms with Gasteiger partial charge < -0.3 is 14.4 Å². The number of aliphatic hydroxyl groups is 1. The predicted molar refractivity (Wildman–Crippen MR) is 111 cm³/mol. The number of aromatic nitrogens is 2. The lowest BCUT2D eigenvalue weighted by Crippen LogP contribution is -2.01. The molecule has 3 rings (SSSR count). The Morgan fingerprint density at radius 1 is 1.04 bits per heavy atom. The quantitative estimate of drug-likeness (QED) is 0.655. The van der Waals surface area contributed by atoms with E-state index < -0.39 is 0 Å². The third-order valence-electron chi connectivity index (χ3n) is 3.70.